The van der Waals surface area contributed by atoms with Crippen molar-refractivity contribution in [3.8, 4) is 0 Å². The summed E-state index contributed by atoms with van der Waals surface area (Å²) in [4.78, 5) is 6.59. The molecule has 1 aliphatic heterocycles. The molecule has 3 rings (SSSR count). The topological polar surface area (TPSA) is 16.1 Å². The van der Waals surface area contributed by atoms with Crippen LogP contribution in [0.2, 0.25) is 5.02 Å². The first-order valence-corrected chi connectivity index (χ1v) is 6.70. The van der Waals surface area contributed by atoms with Gasteiger partial charge in [0.1, 0.15) is 0 Å². The highest BCUT2D eigenvalue weighted by Crippen LogP contribution is 2.60. The minimum Gasteiger partial charge on any atom is -0.370 e. The van der Waals surface area contributed by atoms with Crippen molar-refractivity contribution >= 4 is 17.3 Å². The van der Waals surface area contributed by atoms with Gasteiger partial charge in [-0.05, 0) is 29.2 Å². The Morgan fingerprint density at radius 3 is 2.41 bits per heavy atom. The summed E-state index contributed by atoms with van der Waals surface area (Å²) in [6, 6.07) is 2.02. The Morgan fingerprint density at radius 2 is 1.88 bits per heavy atom. The van der Waals surface area contributed by atoms with Crippen molar-refractivity contribution in [1.29, 1.82) is 0 Å². The minimum atomic E-state index is 0.466. The molecule has 0 bridgehead atoms. The number of hydrogen-bond acceptors (Lipinski definition) is 2. The van der Waals surface area contributed by atoms with Crippen LogP contribution in [0.4, 0.5) is 5.69 Å². The highest BCUT2D eigenvalue weighted by Gasteiger charge is 2.59. The van der Waals surface area contributed by atoms with Crippen LogP contribution in [0.15, 0.2) is 18.5 Å². The molecule has 2 fully saturated rings. The maximum atomic E-state index is 5.98. The fourth-order valence-corrected chi connectivity index (χ4v) is 3.76. The highest BCUT2D eigenvalue weighted by atomic mass is 35.5. The van der Waals surface area contributed by atoms with Gasteiger partial charge in [-0.1, -0.05) is 32.4 Å². The SMILES string of the molecule is CC(C)(C)C1C2CN(c3cncc(Cl)c3)CC21. The molecule has 2 aliphatic rings. The molecule has 1 aliphatic carbocycles. The summed E-state index contributed by atoms with van der Waals surface area (Å²) in [5.41, 5.74) is 1.64. The van der Waals surface area contributed by atoms with Crippen molar-refractivity contribution in [1.82, 2.24) is 4.98 Å². The second-order valence-corrected chi connectivity index (χ2v) is 6.92. The first kappa shape index (κ1) is 11.3. The lowest BCUT2D eigenvalue weighted by atomic mass is 9.87. The second-order valence-electron chi connectivity index (χ2n) is 6.49. The molecule has 1 aromatic rings. The molecule has 1 saturated carbocycles. The molecule has 0 radical (unpaired) electrons. The van der Waals surface area contributed by atoms with Crippen LogP contribution < -0.4 is 4.90 Å². The molecular formula is C14H19ClN2. The number of piperidine rings is 1. The summed E-state index contributed by atoms with van der Waals surface area (Å²) in [5, 5.41) is 0.732. The Kier molecular flexibility index (Phi) is 2.41. The van der Waals surface area contributed by atoms with Crippen LogP contribution in [0.25, 0.3) is 0 Å². The van der Waals surface area contributed by atoms with Gasteiger partial charge in [0, 0.05) is 19.3 Å². The van der Waals surface area contributed by atoms with E-state index in [4.69, 9.17) is 11.6 Å². The van der Waals surface area contributed by atoms with E-state index < -0.39 is 0 Å². The number of anilines is 1. The number of pyridine rings is 1. The first-order chi connectivity index (χ1) is 7.97. The van der Waals surface area contributed by atoms with Gasteiger partial charge in [0.05, 0.1) is 16.9 Å². The van der Waals surface area contributed by atoms with Crippen LogP contribution in [0, 0.1) is 23.2 Å². The van der Waals surface area contributed by atoms with Gasteiger partial charge in [0.25, 0.3) is 0 Å². The van der Waals surface area contributed by atoms with E-state index in [0.717, 1.165) is 22.8 Å². The summed E-state index contributed by atoms with van der Waals surface area (Å²) in [7, 11) is 0. The van der Waals surface area contributed by atoms with E-state index in [1.54, 1.807) is 6.20 Å². The van der Waals surface area contributed by atoms with E-state index in [2.05, 4.69) is 30.7 Å². The molecule has 0 N–H and O–H groups in total. The molecule has 0 spiro atoms. The molecule has 1 saturated heterocycles. The molecule has 17 heavy (non-hydrogen) atoms. The van der Waals surface area contributed by atoms with Gasteiger partial charge < -0.3 is 4.90 Å². The third-order valence-electron chi connectivity index (χ3n) is 4.25. The van der Waals surface area contributed by atoms with Crippen molar-refractivity contribution in [2.24, 2.45) is 23.2 Å². The van der Waals surface area contributed by atoms with Crippen LogP contribution in [-0.4, -0.2) is 18.1 Å². The Bertz CT molecular complexity index is 426. The number of rotatable bonds is 1. The van der Waals surface area contributed by atoms with Gasteiger partial charge in [-0.3, -0.25) is 4.98 Å². The maximum Gasteiger partial charge on any atom is 0.0609 e. The Balaban J connectivity index is 1.70. The lowest BCUT2D eigenvalue weighted by Gasteiger charge is -2.26. The summed E-state index contributed by atoms with van der Waals surface area (Å²) >= 11 is 5.98. The smallest absolute Gasteiger partial charge is 0.0609 e. The van der Waals surface area contributed by atoms with Crippen molar-refractivity contribution in [3.05, 3.63) is 23.5 Å². The highest BCUT2D eigenvalue weighted by molar-refractivity contribution is 6.30. The van der Waals surface area contributed by atoms with Gasteiger partial charge in [-0.15, -0.1) is 0 Å². The summed E-state index contributed by atoms with van der Waals surface area (Å²) < 4.78 is 0. The maximum absolute atomic E-state index is 5.98. The number of nitrogens with zero attached hydrogens (tertiary/aromatic N) is 2. The van der Waals surface area contributed by atoms with E-state index in [0.29, 0.717) is 5.41 Å². The zero-order chi connectivity index (χ0) is 12.2. The van der Waals surface area contributed by atoms with Crippen LogP contribution in [0.3, 0.4) is 0 Å². The summed E-state index contributed by atoms with van der Waals surface area (Å²) in [6.07, 6.45) is 3.61. The van der Waals surface area contributed by atoms with E-state index >= 15 is 0 Å². The van der Waals surface area contributed by atoms with Gasteiger partial charge in [0.15, 0.2) is 0 Å². The number of fused-ring (bicyclic) bond motifs is 1. The predicted molar refractivity (Wildman–Crippen MR) is 71.4 cm³/mol. The van der Waals surface area contributed by atoms with Crippen LogP contribution >= 0.6 is 11.6 Å². The molecule has 2 unspecified atom stereocenters. The van der Waals surface area contributed by atoms with Gasteiger partial charge in [0.2, 0.25) is 0 Å². The number of halogens is 1. The molecule has 92 valence electrons. The van der Waals surface area contributed by atoms with Crippen molar-refractivity contribution in [2.75, 3.05) is 18.0 Å². The third-order valence-corrected chi connectivity index (χ3v) is 4.46. The van der Waals surface area contributed by atoms with Gasteiger partial charge >= 0.3 is 0 Å². The van der Waals surface area contributed by atoms with Gasteiger partial charge in [-0.2, -0.15) is 0 Å². The molecule has 2 atom stereocenters. The lowest BCUT2D eigenvalue weighted by Crippen LogP contribution is -2.27. The van der Waals surface area contributed by atoms with Crippen LogP contribution in [-0.2, 0) is 0 Å². The monoisotopic (exact) mass is 250 g/mol. The average Bonchev–Trinajstić information content (AvgIpc) is 2.77. The minimum absolute atomic E-state index is 0.466. The normalized spacial score (nSPS) is 31.5. The van der Waals surface area contributed by atoms with Crippen molar-refractivity contribution < 1.29 is 0 Å². The Morgan fingerprint density at radius 1 is 1.24 bits per heavy atom. The van der Waals surface area contributed by atoms with Crippen molar-refractivity contribution in [2.45, 2.75) is 20.8 Å². The zero-order valence-electron chi connectivity index (χ0n) is 10.7. The lowest BCUT2D eigenvalue weighted by molar-refractivity contribution is 0.309. The molecule has 2 heterocycles. The Labute approximate surface area is 108 Å². The summed E-state index contributed by atoms with van der Waals surface area (Å²) in [5.74, 6) is 2.67. The van der Waals surface area contributed by atoms with E-state index in [9.17, 15) is 0 Å². The van der Waals surface area contributed by atoms with Gasteiger partial charge in [-0.25, -0.2) is 0 Å². The van der Waals surface area contributed by atoms with E-state index in [1.165, 1.54) is 18.8 Å². The number of hydrogen-bond donors (Lipinski definition) is 0. The first-order valence-electron chi connectivity index (χ1n) is 6.32. The molecule has 0 aromatic carbocycles. The second kappa shape index (κ2) is 3.61. The standard InChI is InChI=1S/C14H19ClN2/c1-14(2,3)13-11-7-17(8-12(11)13)10-4-9(15)5-16-6-10/h4-6,11-13H,7-8H2,1-3H3. The predicted octanol–water partition coefficient (Wildman–Crippen LogP) is 3.46. The molecular weight excluding hydrogens is 232 g/mol. The molecule has 1 aromatic heterocycles. The zero-order valence-corrected chi connectivity index (χ0v) is 11.4. The Hall–Kier alpha value is -0.760. The third kappa shape index (κ3) is 1.93. The van der Waals surface area contributed by atoms with E-state index in [-0.39, 0.29) is 0 Å². The largest absolute Gasteiger partial charge is 0.370 e. The molecule has 2 nitrogen and oxygen atoms in total. The van der Waals surface area contributed by atoms with Crippen LogP contribution in [0.1, 0.15) is 20.8 Å². The van der Waals surface area contributed by atoms with Crippen LogP contribution in [0.5, 0.6) is 0 Å². The fourth-order valence-electron chi connectivity index (χ4n) is 3.60. The molecule has 0 amide bonds. The van der Waals surface area contributed by atoms with E-state index in [1.807, 2.05) is 12.3 Å². The fraction of sp³-hybridized carbons (Fsp3) is 0.643. The quantitative estimate of drug-likeness (QED) is 0.759. The average molecular weight is 251 g/mol. The summed E-state index contributed by atoms with van der Waals surface area (Å²) in [6.45, 7) is 9.44. The van der Waals surface area contributed by atoms with Crippen molar-refractivity contribution in [3.63, 3.8) is 0 Å². The number of aromatic nitrogens is 1. The molecule has 3 heteroatoms.